The molecule has 2 rings (SSSR count). The number of nitrogens with one attached hydrogen (secondary N) is 1. The number of halogens is 3. The molecule has 0 radical (unpaired) electrons. The molecule has 0 saturated carbocycles. The average molecular weight is 383 g/mol. The summed E-state index contributed by atoms with van der Waals surface area (Å²) in [6.07, 6.45) is 0.614. The van der Waals surface area contributed by atoms with E-state index in [-0.39, 0.29) is 43.4 Å². The van der Waals surface area contributed by atoms with Gasteiger partial charge in [-0.1, -0.05) is 23.2 Å². The predicted octanol–water partition coefficient (Wildman–Crippen LogP) is 1.47. The van der Waals surface area contributed by atoms with Gasteiger partial charge in [0, 0.05) is 19.0 Å². The van der Waals surface area contributed by atoms with E-state index in [0.717, 1.165) is 6.42 Å². The highest BCUT2D eigenvalue weighted by Gasteiger charge is 2.27. The lowest BCUT2D eigenvalue weighted by Gasteiger charge is -2.17. The Bertz CT molecular complexity index is 571. The molecule has 0 aliphatic carbocycles. The molecular formula is C14H18Cl3N3O3. The number of ether oxygens (including phenoxy) is 1. The second-order valence-electron chi connectivity index (χ2n) is 4.93. The van der Waals surface area contributed by atoms with Gasteiger partial charge in [0.1, 0.15) is 11.9 Å². The van der Waals surface area contributed by atoms with Crippen molar-refractivity contribution < 1.29 is 14.3 Å². The third kappa shape index (κ3) is 5.73. The molecule has 1 aliphatic heterocycles. The second kappa shape index (κ2) is 9.17. The molecule has 1 saturated heterocycles. The van der Waals surface area contributed by atoms with E-state index in [1.54, 1.807) is 23.1 Å². The normalized spacial score (nSPS) is 16.7. The lowest BCUT2D eigenvalue weighted by atomic mass is 10.3. The Kier molecular flexibility index (Phi) is 7.91. The number of hydrogen-bond donors (Lipinski definition) is 2. The lowest BCUT2D eigenvalue weighted by Crippen LogP contribution is -2.41. The van der Waals surface area contributed by atoms with E-state index in [2.05, 4.69) is 5.32 Å². The number of amides is 2. The molecule has 1 aromatic rings. The van der Waals surface area contributed by atoms with E-state index >= 15 is 0 Å². The first-order valence-electron chi connectivity index (χ1n) is 6.86. The van der Waals surface area contributed by atoms with Crippen LogP contribution in [0.15, 0.2) is 18.2 Å². The molecule has 0 aromatic heterocycles. The smallest absolute Gasteiger partial charge is 0.242 e. The molecular weight excluding hydrogens is 365 g/mol. The maximum absolute atomic E-state index is 11.9. The third-order valence-electron chi connectivity index (χ3n) is 3.31. The van der Waals surface area contributed by atoms with E-state index in [1.165, 1.54) is 0 Å². The SMILES string of the molecule is Cl.NCC(=O)NCC(=O)N1CCC(Oc2ccc(Cl)c(Cl)c2)C1. The minimum Gasteiger partial charge on any atom is -0.488 e. The van der Waals surface area contributed by atoms with Crippen molar-refractivity contribution in [2.75, 3.05) is 26.2 Å². The molecule has 128 valence electrons. The van der Waals surface area contributed by atoms with Crippen molar-refractivity contribution in [1.82, 2.24) is 10.2 Å². The van der Waals surface area contributed by atoms with Gasteiger partial charge in [0.05, 0.1) is 29.7 Å². The van der Waals surface area contributed by atoms with Crippen molar-refractivity contribution in [2.45, 2.75) is 12.5 Å². The van der Waals surface area contributed by atoms with Crippen LogP contribution in [0.2, 0.25) is 10.0 Å². The van der Waals surface area contributed by atoms with E-state index in [9.17, 15) is 9.59 Å². The molecule has 3 N–H and O–H groups in total. The van der Waals surface area contributed by atoms with Gasteiger partial charge in [0.2, 0.25) is 11.8 Å². The van der Waals surface area contributed by atoms with Crippen molar-refractivity contribution in [1.29, 1.82) is 0 Å². The van der Waals surface area contributed by atoms with Crippen LogP contribution in [0.5, 0.6) is 5.75 Å². The zero-order chi connectivity index (χ0) is 16.1. The summed E-state index contributed by atoms with van der Waals surface area (Å²) in [4.78, 5) is 24.6. The lowest BCUT2D eigenvalue weighted by molar-refractivity contribution is -0.131. The van der Waals surface area contributed by atoms with Gasteiger partial charge in [-0.15, -0.1) is 12.4 Å². The van der Waals surface area contributed by atoms with E-state index in [1.807, 2.05) is 0 Å². The number of nitrogens with zero attached hydrogens (tertiary/aromatic N) is 1. The van der Waals surface area contributed by atoms with Gasteiger partial charge in [-0.3, -0.25) is 9.59 Å². The van der Waals surface area contributed by atoms with Crippen LogP contribution in [-0.4, -0.2) is 49.0 Å². The highest BCUT2D eigenvalue weighted by molar-refractivity contribution is 6.42. The highest BCUT2D eigenvalue weighted by Crippen LogP contribution is 2.28. The summed E-state index contributed by atoms with van der Waals surface area (Å²) in [5.41, 5.74) is 5.17. The topological polar surface area (TPSA) is 84.7 Å². The van der Waals surface area contributed by atoms with Crippen LogP contribution >= 0.6 is 35.6 Å². The highest BCUT2D eigenvalue weighted by atomic mass is 35.5. The Hall–Kier alpha value is -1.21. The van der Waals surface area contributed by atoms with Crippen LogP contribution in [-0.2, 0) is 9.59 Å². The minimum absolute atomic E-state index is 0. The van der Waals surface area contributed by atoms with Crippen LogP contribution in [0, 0.1) is 0 Å². The van der Waals surface area contributed by atoms with Crippen molar-refractivity contribution in [3.05, 3.63) is 28.2 Å². The first kappa shape index (κ1) is 19.8. The van der Waals surface area contributed by atoms with Gasteiger partial charge in [0.25, 0.3) is 0 Å². The molecule has 1 aromatic carbocycles. The Morgan fingerprint density at radius 1 is 1.35 bits per heavy atom. The van der Waals surface area contributed by atoms with Crippen molar-refractivity contribution in [3.63, 3.8) is 0 Å². The predicted molar refractivity (Wildman–Crippen MR) is 91.4 cm³/mol. The number of benzene rings is 1. The zero-order valence-corrected chi connectivity index (χ0v) is 14.6. The number of nitrogens with two attached hydrogens (primary N) is 1. The summed E-state index contributed by atoms with van der Waals surface area (Å²) in [5, 5.41) is 3.35. The maximum Gasteiger partial charge on any atom is 0.242 e. The van der Waals surface area contributed by atoms with E-state index < -0.39 is 0 Å². The molecule has 1 aliphatic rings. The van der Waals surface area contributed by atoms with Crippen molar-refractivity contribution in [3.8, 4) is 5.75 Å². The summed E-state index contributed by atoms with van der Waals surface area (Å²) >= 11 is 11.8. The molecule has 1 heterocycles. The van der Waals surface area contributed by atoms with E-state index in [4.69, 9.17) is 33.7 Å². The Morgan fingerprint density at radius 2 is 2.09 bits per heavy atom. The number of carbonyl (C=O) groups is 2. The Balaban J connectivity index is 0.00000264. The summed E-state index contributed by atoms with van der Waals surface area (Å²) < 4.78 is 5.79. The fraction of sp³-hybridized carbons (Fsp3) is 0.429. The molecule has 1 fully saturated rings. The Morgan fingerprint density at radius 3 is 2.74 bits per heavy atom. The van der Waals surface area contributed by atoms with Crippen LogP contribution in [0.3, 0.4) is 0 Å². The number of likely N-dealkylation sites (tertiary alicyclic amines) is 1. The molecule has 1 atom stereocenters. The van der Waals surface area contributed by atoms with E-state index in [0.29, 0.717) is 28.9 Å². The quantitative estimate of drug-likeness (QED) is 0.807. The summed E-state index contributed by atoms with van der Waals surface area (Å²) in [6.45, 7) is 0.882. The van der Waals surface area contributed by atoms with Crippen molar-refractivity contribution >= 4 is 47.4 Å². The molecule has 1 unspecified atom stereocenters. The van der Waals surface area contributed by atoms with Gasteiger partial charge in [-0.25, -0.2) is 0 Å². The van der Waals surface area contributed by atoms with Crippen molar-refractivity contribution in [2.24, 2.45) is 5.73 Å². The third-order valence-corrected chi connectivity index (χ3v) is 4.05. The van der Waals surface area contributed by atoms with Gasteiger partial charge in [-0.05, 0) is 12.1 Å². The largest absolute Gasteiger partial charge is 0.488 e. The van der Waals surface area contributed by atoms with Gasteiger partial charge in [-0.2, -0.15) is 0 Å². The number of carbonyl (C=O) groups excluding carboxylic acids is 2. The van der Waals surface area contributed by atoms with Gasteiger partial charge < -0.3 is 20.7 Å². The fourth-order valence-electron chi connectivity index (χ4n) is 2.15. The fourth-order valence-corrected chi connectivity index (χ4v) is 2.44. The molecule has 6 nitrogen and oxygen atoms in total. The van der Waals surface area contributed by atoms with Gasteiger partial charge in [0.15, 0.2) is 0 Å². The maximum atomic E-state index is 11.9. The molecule has 23 heavy (non-hydrogen) atoms. The first-order valence-corrected chi connectivity index (χ1v) is 7.61. The van der Waals surface area contributed by atoms with Crippen LogP contribution in [0.4, 0.5) is 0 Å². The second-order valence-corrected chi connectivity index (χ2v) is 5.74. The average Bonchev–Trinajstić information content (AvgIpc) is 2.96. The molecule has 2 amide bonds. The number of rotatable bonds is 5. The van der Waals surface area contributed by atoms with Crippen LogP contribution in [0.1, 0.15) is 6.42 Å². The first-order chi connectivity index (χ1) is 10.5. The summed E-state index contributed by atoms with van der Waals surface area (Å²) in [6, 6.07) is 5.05. The standard InChI is InChI=1S/C14H17Cl2N3O3.ClH/c15-11-2-1-9(5-12(11)16)22-10-3-4-19(8-10)14(21)7-18-13(20)6-17;/h1-2,5,10H,3-4,6-8,17H2,(H,18,20);1H. The van der Waals surface area contributed by atoms with Gasteiger partial charge >= 0.3 is 0 Å². The molecule has 9 heteroatoms. The summed E-state index contributed by atoms with van der Waals surface area (Å²) in [7, 11) is 0. The zero-order valence-electron chi connectivity index (χ0n) is 12.3. The molecule has 0 spiro atoms. The minimum atomic E-state index is -0.351. The molecule has 0 bridgehead atoms. The number of hydrogen-bond acceptors (Lipinski definition) is 4. The summed E-state index contributed by atoms with van der Waals surface area (Å²) in [5.74, 6) is 0.114. The van der Waals surface area contributed by atoms with Crippen LogP contribution < -0.4 is 15.8 Å². The monoisotopic (exact) mass is 381 g/mol. The van der Waals surface area contributed by atoms with Crippen LogP contribution in [0.25, 0.3) is 0 Å². The Labute approximate surface area is 150 Å².